The van der Waals surface area contributed by atoms with Crippen molar-refractivity contribution in [2.24, 2.45) is 0 Å². The lowest BCUT2D eigenvalue weighted by Gasteiger charge is -2.13. The fraction of sp³-hybridized carbons (Fsp3) is 0.211. The molecule has 0 saturated heterocycles. The number of methoxy groups -OCH3 is 1. The molecule has 7 nitrogen and oxygen atoms in total. The topological polar surface area (TPSA) is 97.6 Å². The standard InChI is InChI=1S/C19H18N2O5/c1-3-25-17-10-13(11-20)8-9-16(17)26-12-18(22)21-15-7-5-4-6-14(15)19(23)24-2/h4-10H,3,12H2,1-2H3,(H,21,22). The predicted molar refractivity (Wildman–Crippen MR) is 94.2 cm³/mol. The number of para-hydroxylation sites is 1. The Bertz CT molecular complexity index is 842. The summed E-state index contributed by atoms with van der Waals surface area (Å²) in [5, 5.41) is 11.6. The molecule has 2 rings (SSSR count). The van der Waals surface area contributed by atoms with Crippen LogP contribution in [0.3, 0.4) is 0 Å². The molecule has 2 aromatic carbocycles. The van der Waals surface area contributed by atoms with E-state index in [1.165, 1.54) is 7.11 Å². The van der Waals surface area contributed by atoms with Crippen molar-refractivity contribution in [3.05, 3.63) is 53.6 Å². The molecule has 7 heteroatoms. The minimum absolute atomic E-state index is 0.247. The van der Waals surface area contributed by atoms with Gasteiger partial charge in [0.25, 0.3) is 5.91 Å². The number of amides is 1. The second-order valence-electron chi connectivity index (χ2n) is 5.08. The summed E-state index contributed by atoms with van der Waals surface area (Å²) in [7, 11) is 1.27. The van der Waals surface area contributed by atoms with Crippen LogP contribution in [-0.4, -0.2) is 32.2 Å². The van der Waals surface area contributed by atoms with Gasteiger partial charge in [0.2, 0.25) is 0 Å². The van der Waals surface area contributed by atoms with Crippen molar-refractivity contribution in [2.45, 2.75) is 6.92 Å². The number of carbonyl (C=O) groups excluding carboxylic acids is 2. The zero-order valence-electron chi connectivity index (χ0n) is 14.4. The van der Waals surface area contributed by atoms with Crippen molar-refractivity contribution in [1.82, 2.24) is 0 Å². The van der Waals surface area contributed by atoms with E-state index in [1.807, 2.05) is 6.07 Å². The van der Waals surface area contributed by atoms with E-state index in [0.717, 1.165) is 0 Å². The molecule has 0 spiro atoms. The zero-order chi connectivity index (χ0) is 18.9. The van der Waals surface area contributed by atoms with Gasteiger partial charge in [-0.15, -0.1) is 0 Å². The van der Waals surface area contributed by atoms with Crippen LogP contribution >= 0.6 is 0 Å². The number of hydrogen-bond donors (Lipinski definition) is 1. The Labute approximate surface area is 151 Å². The number of ether oxygens (including phenoxy) is 3. The maximum atomic E-state index is 12.2. The van der Waals surface area contributed by atoms with Crippen LogP contribution in [-0.2, 0) is 9.53 Å². The fourth-order valence-electron chi connectivity index (χ4n) is 2.17. The molecule has 2 aromatic rings. The van der Waals surface area contributed by atoms with Gasteiger partial charge >= 0.3 is 5.97 Å². The van der Waals surface area contributed by atoms with Gasteiger partial charge in [-0.1, -0.05) is 12.1 Å². The van der Waals surface area contributed by atoms with Gasteiger partial charge in [0.05, 0.1) is 36.6 Å². The van der Waals surface area contributed by atoms with E-state index in [-0.39, 0.29) is 12.2 Å². The summed E-state index contributed by atoms with van der Waals surface area (Å²) >= 11 is 0. The van der Waals surface area contributed by atoms with Gasteiger partial charge in [0, 0.05) is 6.07 Å². The molecule has 1 amide bonds. The van der Waals surface area contributed by atoms with Gasteiger partial charge in [-0.25, -0.2) is 4.79 Å². The second-order valence-corrected chi connectivity index (χ2v) is 5.08. The molecule has 0 aliphatic rings. The molecule has 0 aromatic heterocycles. The molecule has 0 heterocycles. The molecule has 134 valence electrons. The van der Waals surface area contributed by atoms with Crippen LogP contribution in [0.5, 0.6) is 11.5 Å². The van der Waals surface area contributed by atoms with E-state index in [4.69, 9.17) is 14.7 Å². The molecule has 0 fully saturated rings. The number of nitrogens with zero attached hydrogens (tertiary/aromatic N) is 1. The van der Waals surface area contributed by atoms with Crippen LogP contribution in [0.15, 0.2) is 42.5 Å². The summed E-state index contributed by atoms with van der Waals surface area (Å²) < 4.78 is 15.6. The van der Waals surface area contributed by atoms with Crippen LogP contribution in [0, 0.1) is 11.3 Å². The number of rotatable bonds is 7. The lowest BCUT2D eigenvalue weighted by atomic mass is 10.2. The highest BCUT2D eigenvalue weighted by atomic mass is 16.5. The van der Waals surface area contributed by atoms with E-state index < -0.39 is 11.9 Å². The van der Waals surface area contributed by atoms with E-state index >= 15 is 0 Å². The van der Waals surface area contributed by atoms with Gasteiger partial charge in [-0.3, -0.25) is 4.79 Å². The average Bonchev–Trinajstić information content (AvgIpc) is 2.67. The van der Waals surface area contributed by atoms with Crippen molar-refractivity contribution < 1.29 is 23.8 Å². The number of anilines is 1. The second kappa shape index (κ2) is 9.08. The van der Waals surface area contributed by atoms with Gasteiger partial charge in [0.1, 0.15) is 0 Å². The molecule has 0 unspecified atom stereocenters. The Morgan fingerprint density at radius 2 is 1.88 bits per heavy atom. The summed E-state index contributed by atoms with van der Waals surface area (Å²) in [4.78, 5) is 23.9. The van der Waals surface area contributed by atoms with Crippen molar-refractivity contribution in [2.75, 3.05) is 25.6 Å². The van der Waals surface area contributed by atoms with Crippen LogP contribution < -0.4 is 14.8 Å². The van der Waals surface area contributed by atoms with E-state index in [1.54, 1.807) is 49.4 Å². The number of nitrogens with one attached hydrogen (secondary N) is 1. The number of benzene rings is 2. The van der Waals surface area contributed by atoms with Crippen molar-refractivity contribution in [1.29, 1.82) is 5.26 Å². The Kier molecular flexibility index (Phi) is 6.57. The normalized spacial score (nSPS) is 9.73. The molecule has 0 atom stereocenters. The predicted octanol–water partition coefficient (Wildman–Crippen LogP) is 2.76. The van der Waals surface area contributed by atoms with Crippen molar-refractivity contribution in [3.63, 3.8) is 0 Å². The molecule has 0 aliphatic heterocycles. The first-order chi connectivity index (χ1) is 12.6. The first-order valence-electron chi connectivity index (χ1n) is 7.86. The monoisotopic (exact) mass is 354 g/mol. The van der Waals surface area contributed by atoms with Gasteiger partial charge in [-0.05, 0) is 31.2 Å². The Hall–Kier alpha value is -3.53. The van der Waals surface area contributed by atoms with Crippen LogP contribution in [0.4, 0.5) is 5.69 Å². The third-order valence-electron chi connectivity index (χ3n) is 3.34. The van der Waals surface area contributed by atoms with Gasteiger partial charge in [0.15, 0.2) is 18.1 Å². The molecule has 26 heavy (non-hydrogen) atoms. The molecule has 0 saturated carbocycles. The van der Waals surface area contributed by atoms with Crippen molar-refractivity contribution >= 4 is 17.6 Å². The maximum absolute atomic E-state index is 12.2. The van der Waals surface area contributed by atoms with E-state index in [2.05, 4.69) is 10.1 Å². The summed E-state index contributed by atoms with van der Waals surface area (Å²) in [6, 6.07) is 13.2. The Morgan fingerprint density at radius 3 is 2.58 bits per heavy atom. The summed E-state index contributed by atoms with van der Waals surface area (Å²) in [6.07, 6.45) is 0. The van der Waals surface area contributed by atoms with Crippen LogP contribution in [0.25, 0.3) is 0 Å². The highest BCUT2D eigenvalue weighted by Crippen LogP contribution is 2.28. The van der Waals surface area contributed by atoms with Crippen LogP contribution in [0.2, 0.25) is 0 Å². The number of esters is 1. The molecular formula is C19H18N2O5. The minimum atomic E-state index is -0.549. The molecule has 0 aliphatic carbocycles. The lowest BCUT2D eigenvalue weighted by Crippen LogP contribution is -2.22. The number of carbonyl (C=O) groups is 2. The lowest BCUT2D eigenvalue weighted by molar-refractivity contribution is -0.118. The van der Waals surface area contributed by atoms with E-state index in [9.17, 15) is 9.59 Å². The van der Waals surface area contributed by atoms with Gasteiger partial charge < -0.3 is 19.5 Å². The smallest absolute Gasteiger partial charge is 0.339 e. The van der Waals surface area contributed by atoms with E-state index in [0.29, 0.717) is 29.4 Å². The zero-order valence-corrected chi connectivity index (χ0v) is 14.4. The van der Waals surface area contributed by atoms with Gasteiger partial charge in [-0.2, -0.15) is 5.26 Å². The molecule has 0 bridgehead atoms. The summed E-state index contributed by atoms with van der Waals surface area (Å²) in [6.45, 7) is 1.91. The first-order valence-corrected chi connectivity index (χ1v) is 7.86. The maximum Gasteiger partial charge on any atom is 0.339 e. The summed E-state index contributed by atoms with van der Waals surface area (Å²) in [5.41, 5.74) is 1.01. The largest absolute Gasteiger partial charge is 0.490 e. The third kappa shape index (κ3) is 4.74. The Morgan fingerprint density at radius 1 is 1.12 bits per heavy atom. The summed E-state index contributed by atoms with van der Waals surface area (Å²) in [5.74, 6) is -0.266. The highest BCUT2D eigenvalue weighted by Gasteiger charge is 2.14. The molecule has 1 N–H and O–H groups in total. The third-order valence-corrected chi connectivity index (χ3v) is 3.34. The highest BCUT2D eigenvalue weighted by molar-refractivity contribution is 6.01. The average molecular weight is 354 g/mol. The quantitative estimate of drug-likeness (QED) is 0.768. The minimum Gasteiger partial charge on any atom is -0.490 e. The number of hydrogen-bond acceptors (Lipinski definition) is 6. The van der Waals surface area contributed by atoms with Crippen molar-refractivity contribution in [3.8, 4) is 17.6 Å². The first kappa shape index (κ1) is 18.8. The molecule has 0 radical (unpaired) electrons. The molecular weight excluding hydrogens is 336 g/mol. The number of nitriles is 1. The Balaban J connectivity index is 2.06. The SMILES string of the molecule is CCOc1cc(C#N)ccc1OCC(=O)Nc1ccccc1C(=O)OC. The van der Waals surface area contributed by atoms with Crippen LogP contribution in [0.1, 0.15) is 22.8 Å². The fourth-order valence-corrected chi connectivity index (χ4v) is 2.17.